The Bertz CT molecular complexity index is 253. The van der Waals surface area contributed by atoms with Crippen LogP contribution in [-0.4, -0.2) is 42.8 Å². The van der Waals surface area contributed by atoms with Crippen molar-refractivity contribution < 1.29 is 19.3 Å². The molecule has 2 rings (SSSR count). The smallest absolute Gasteiger partial charge is 0.160 e. The number of alkyl halides is 1. The molecular formula is C21H41BrO4. The number of aliphatic hydroxyl groups excluding tert-OH is 1. The molecule has 0 saturated carbocycles. The minimum absolute atomic E-state index is 0.00292. The Hall–Kier alpha value is 0.320. The molecule has 2 saturated heterocycles. The summed E-state index contributed by atoms with van der Waals surface area (Å²) in [5.74, 6) is 0. The van der Waals surface area contributed by atoms with Gasteiger partial charge in [-0.25, -0.2) is 0 Å². The fraction of sp³-hybridized carbons (Fsp3) is 1.00. The summed E-state index contributed by atoms with van der Waals surface area (Å²) in [5.41, 5.74) is 0. The summed E-state index contributed by atoms with van der Waals surface area (Å²) in [7, 11) is 0. The minimum atomic E-state index is -0.00292. The van der Waals surface area contributed by atoms with Crippen LogP contribution in [0.25, 0.3) is 0 Å². The van der Waals surface area contributed by atoms with Crippen LogP contribution in [0.5, 0.6) is 0 Å². The summed E-state index contributed by atoms with van der Waals surface area (Å²) in [6.07, 6.45) is 18.6. The SMILES string of the molecule is C1CCC(OC2CCCCO2)OC1.OCCCCCCCCCCCBr. The molecule has 5 heteroatoms. The van der Waals surface area contributed by atoms with Gasteiger partial charge >= 0.3 is 0 Å². The Kier molecular flexibility index (Phi) is 17.5. The molecule has 0 aliphatic carbocycles. The average Bonchev–Trinajstić information content (AvgIpc) is 2.69. The summed E-state index contributed by atoms with van der Waals surface area (Å²) < 4.78 is 16.6. The molecule has 2 aliphatic heterocycles. The molecule has 0 aromatic carbocycles. The summed E-state index contributed by atoms with van der Waals surface area (Å²) in [4.78, 5) is 0. The highest BCUT2D eigenvalue weighted by atomic mass is 79.9. The van der Waals surface area contributed by atoms with Gasteiger partial charge in [0.2, 0.25) is 0 Å². The first-order chi connectivity index (χ1) is 12.9. The van der Waals surface area contributed by atoms with Gasteiger partial charge in [0.15, 0.2) is 12.6 Å². The van der Waals surface area contributed by atoms with E-state index in [1.54, 1.807) is 0 Å². The first-order valence-electron chi connectivity index (χ1n) is 10.9. The number of hydrogen-bond acceptors (Lipinski definition) is 4. The fourth-order valence-corrected chi connectivity index (χ4v) is 3.65. The number of hydrogen-bond donors (Lipinski definition) is 1. The molecule has 0 bridgehead atoms. The van der Waals surface area contributed by atoms with Crippen molar-refractivity contribution in [2.24, 2.45) is 0 Å². The zero-order valence-corrected chi connectivity index (χ0v) is 18.2. The van der Waals surface area contributed by atoms with Crippen LogP contribution in [0.3, 0.4) is 0 Å². The Morgan fingerprint density at radius 1 is 0.692 bits per heavy atom. The second kappa shape index (κ2) is 18.7. The van der Waals surface area contributed by atoms with Crippen LogP contribution in [-0.2, 0) is 14.2 Å². The van der Waals surface area contributed by atoms with Crippen molar-refractivity contribution >= 4 is 15.9 Å². The van der Waals surface area contributed by atoms with Crippen LogP contribution in [0.4, 0.5) is 0 Å². The Morgan fingerprint density at radius 3 is 1.54 bits per heavy atom. The van der Waals surface area contributed by atoms with E-state index in [1.165, 1.54) is 77.0 Å². The molecule has 0 aromatic heterocycles. The predicted octanol–water partition coefficient (Wildman–Crippen LogP) is 5.94. The average molecular weight is 437 g/mol. The third kappa shape index (κ3) is 14.4. The standard InChI is InChI=1S/C11H23BrO.C10H18O3/c12-10-8-6-4-2-1-3-5-7-9-11-13;1-3-7-11-9(5-1)13-10-6-2-4-8-12-10/h13H,1-11H2;9-10H,1-8H2. The van der Waals surface area contributed by atoms with Crippen LogP contribution in [0, 0.1) is 0 Å². The van der Waals surface area contributed by atoms with Crippen LogP contribution in [0.15, 0.2) is 0 Å². The lowest BCUT2D eigenvalue weighted by Gasteiger charge is -2.29. The van der Waals surface area contributed by atoms with E-state index < -0.39 is 0 Å². The Morgan fingerprint density at radius 2 is 1.15 bits per heavy atom. The van der Waals surface area contributed by atoms with E-state index in [9.17, 15) is 0 Å². The quantitative estimate of drug-likeness (QED) is 0.303. The first kappa shape index (κ1) is 24.4. The molecule has 4 nitrogen and oxygen atoms in total. The van der Waals surface area contributed by atoms with Gasteiger partial charge in [-0.2, -0.15) is 0 Å². The van der Waals surface area contributed by atoms with Crippen LogP contribution < -0.4 is 0 Å². The van der Waals surface area contributed by atoms with E-state index in [1.807, 2.05) is 0 Å². The second-order valence-corrected chi connectivity index (χ2v) is 8.12. The van der Waals surface area contributed by atoms with Crippen LogP contribution in [0.1, 0.15) is 96.3 Å². The minimum Gasteiger partial charge on any atom is -0.396 e. The van der Waals surface area contributed by atoms with Gasteiger partial charge in [-0.05, 0) is 51.4 Å². The fourth-order valence-electron chi connectivity index (χ4n) is 3.25. The van der Waals surface area contributed by atoms with Crippen LogP contribution >= 0.6 is 15.9 Å². The number of aliphatic hydroxyl groups is 1. The molecule has 2 aliphatic rings. The Balaban J connectivity index is 0.000000260. The van der Waals surface area contributed by atoms with E-state index in [4.69, 9.17) is 19.3 Å². The van der Waals surface area contributed by atoms with Crippen molar-refractivity contribution in [3.05, 3.63) is 0 Å². The lowest BCUT2D eigenvalue weighted by Crippen LogP contribution is -2.31. The van der Waals surface area contributed by atoms with Crippen molar-refractivity contribution in [1.29, 1.82) is 0 Å². The van der Waals surface area contributed by atoms with Crippen molar-refractivity contribution in [1.82, 2.24) is 0 Å². The normalized spacial score (nSPS) is 23.3. The molecule has 2 heterocycles. The zero-order chi connectivity index (χ0) is 18.7. The maximum absolute atomic E-state index is 8.56. The van der Waals surface area contributed by atoms with E-state index >= 15 is 0 Å². The largest absolute Gasteiger partial charge is 0.396 e. The predicted molar refractivity (Wildman–Crippen MR) is 111 cm³/mol. The van der Waals surface area contributed by atoms with E-state index in [0.29, 0.717) is 6.61 Å². The molecule has 26 heavy (non-hydrogen) atoms. The molecule has 0 spiro atoms. The summed E-state index contributed by atoms with van der Waals surface area (Å²) in [6.45, 7) is 2.06. The van der Waals surface area contributed by atoms with Gasteiger partial charge in [0.1, 0.15) is 0 Å². The number of rotatable bonds is 12. The van der Waals surface area contributed by atoms with Crippen molar-refractivity contribution in [2.75, 3.05) is 25.2 Å². The van der Waals surface area contributed by atoms with Crippen molar-refractivity contribution in [3.8, 4) is 0 Å². The highest BCUT2D eigenvalue weighted by Gasteiger charge is 2.21. The van der Waals surface area contributed by atoms with E-state index in [-0.39, 0.29) is 12.6 Å². The van der Waals surface area contributed by atoms with E-state index in [2.05, 4.69) is 15.9 Å². The first-order valence-corrected chi connectivity index (χ1v) is 12.0. The number of ether oxygens (including phenoxy) is 3. The van der Waals surface area contributed by atoms with Gasteiger partial charge in [0.25, 0.3) is 0 Å². The monoisotopic (exact) mass is 436 g/mol. The zero-order valence-electron chi connectivity index (χ0n) is 16.6. The van der Waals surface area contributed by atoms with Gasteiger partial charge in [-0.1, -0.05) is 60.9 Å². The molecular weight excluding hydrogens is 396 g/mol. The Labute approximate surface area is 169 Å². The highest BCUT2D eigenvalue weighted by molar-refractivity contribution is 9.09. The van der Waals surface area contributed by atoms with E-state index in [0.717, 1.165) is 37.8 Å². The van der Waals surface area contributed by atoms with Gasteiger partial charge in [0.05, 0.1) is 0 Å². The molecule has 2 fully saturated rings. The van der Waals surface area contributed by atoms with Gasteiger partial charge in [-0.15, -0.1) is 0 Å². The van der Waals surface area contributed by atoms with Gasteiger partial charge in [0, 0.05) is 25.2 Å². The van der Waals surface area contributed by atoms with Gasteiger partial charge < -0.3 is 19.3 Å². The van der Waals surface area contributed by atoms with Crippen molar-refractivity contribution in [3.63, 3.8) is 0 Å². The lowest BCUT2D eigenvalue weighted by molar-refractivity contribution is -0.264. The van der Waals surface area contributed by atoms with Crippen LogP contribution in [0.2, 0.25) is 0 Å². The third-order valence-electron chi connectivity index (χ3n) is 4.87. The molecule has 156 valence electrons. The molecule has 0 aromatic rings. The highest BCUT2D eigenvalue weighted by Crippen LogP contribution is 2.20. The maximum atomic E-state index is 8.56. The number of unbranched alkanes of at least 4 members (excludes halogenated alkanes) is 8. The third-order valence-corrected chi connectivity index (χ3v) is 5.43. The maximum Gasteiger partial charge on any atom is 0.160 e. The summed E-state index contributed by atoms with van der Waals surface area (Å²) in [6, 6.07) is 0. The summed E-state index contributed by atoms with van der Waals surface area (Å²) >= 11 is 3.44. The molecule has 2 unspecified atom stereocenters. The number of halogens is 1. The van der Waals surface area contributed by atoms with Crippen molar-refractivity contribution in [2.45, 2.75) is 109 Å². The lowest BCUT2D eigenvalue weighted by atomic mass is 10.1. The van der Waals surface area contributed by atoms with Gasteiger partial charge in [-0.3, -0.25) is 0 Å². The summed E-state index contributed by atoms with van der Waals surface area (Å²) in [5, 5.41) is 9.72. The molecule has 0 radical (unpaired) electrons. The molecule has 1 N–H and O–H groups in total. The second-order valence-electron chi connectivity index (χ2n) is 7.32. The molecule has 2 atom stereocenters. The molecule has 0 amide bonds. The topological polar surface area (TPSA) is 47.9 Å².